The molecule has 1 saturated heterocycles. The van der Waals surface area contributed by atoms with Crippen molar-refractivity contribution in [3.8, 4) is 17.1 Å². The van der Waals surface area contributed by atoms with Crippen molar-refractivity contribution in [1.82, 2.24) is 14.5 Å². The van der Waals surface area contributed by atoms with Crippen LogP contribution in [0.2, 0.25) is 0 Å². The van der Waals surface area contributed by atoms with Gasteiger partial charge in [0.25, 0.3) is 5.56 Å². The molecule has 0 bridgehead atoms. The summed E-state index contributed by atoms with van der Waals surface area (Å²) in [4.78, 5) is 20.9. The van der Waals surface area contributed by atoms with E-state index in [0.29, 0.717) is 23.9 Å². The van der Waals surface area contributed by atoms with Crippen LogP contribution in [0.15, 0.2) is 47.3 Å². The maximum absolute atomic E-state index is 13.7. The minimum Gasteiger partial charge on any atom is -0.484 e. The molecule has 0 unspecified atom stereocenters. The zero-order valence-electron chi connectivity index (χ0n) is 19.7. The second kappa shape index (κ2) is 9.78. The quantitative estimate of drug-likeness (QED) is 0.479. The van der Waals surface area contributed by atoms with Crippen molar-refractivity contribution in [3.05, 3.63) is 58.4 Å². The predicted molar refractivity (Wildman–Crippen MR) is 127 cm³/mol. The first-order valence-electron chi connectivity index (χ1n) is 11.7. The molecule has 0 N–H and O–H groups in total. The Hall–Kier alpha value is -2.87. The number of piperidine rings is 1. The van der Waals surface area contributed by atoms with Gasteiger partial charge in [0.1, 0.15) is 11.6 Å². The van der Waals surface area contributed by atoms with Crippen molar-refractivity contribution in [2.24, 2.45) is 5.92 Å². The van der Waals surface area contributed by atoms with Crippen LogP contribution >= 0.6 is 0 Å². The van der Waals surface area contributed by atoms with Gasteiger partial charge in [0.15, 0.2) is 6.61 Å². The first-order chi connectivity index (χ1) is 16.1. The predicted octanol–water partition coefficient (Wildman–Crippen LogP) is 5.43. The van der Waals surface area contributed by atoms with E-state index in [1.807, 2.05) is 31.2 Å². The molecular formula is C26H30F3N3O2. The summed E-state index contributed by atoms with van der Waals surface area (Å²) in [5, 5.41) is 0.258. The molecule has 5 nitrogen and oxygen atoms in total. The minimum absolute atomic E-state index is 0.00238. The highest BCUT2D eigenvalue weighted by Gasteiger charge is 2.29. The number of aryl methyl sites for hydroxylation is 1. The Kier molecular flexibility index (Phi) is 6.98. The third-order valence-electron chi connectivity index (χ3n) is 6.44. The first-order valence-corrected chi connectivity index (χ1v) is 11.7. The van der Waals surface area contributed by atoms with Gasteiger partial charge < -0.3 is 9.64 Å². The molecule has 8 heteroatoms. The van der Waals surface area contributed by atoms with E-state index >= 15 is 0 Å². The number of alkyl halides is 3. The molecule has 1 aliphatic heterocycles. The zero-order chi connectivity index (χ0) is 24.5. The Bertz CT molecular complexity index is 1220. The molecule has 1 aromatic heterocycles. The number of benzene rings is 2. The fraction of sp³-hybridized carbons (Fsp3) is 0.462. The van der Waals surface area contributed by atoms with E-state index in [9.17, 15) is 18.0 Å². The van der Waals surface area contributed by atoms with E-state index in [-0.39, 0.29) is 22.6 Å². The number of hydrogen-bond acceptors (Lipinski definition) is 4. The molecular weight excluding hydrogens is 443 g/mol. The lowest BCUT2D eigenvalue weighted by Crippen LogP contribution is -2.42. The van der Waals surface area contributed by atoms with Crippen LogP contribution in [0.25, 0.3) is 22.3 Å². The van der Waals surface area contributed by atoms with Gasteiger partial charge in [-0.2, -0.15) is 13.2 Å². The summed E-state index contributed by atoms with van der Waals surface area (Å²) >= 11 is 0. The standard InChI is InChI=1S/C26H30F3N3O2/c1-17(2)31-12-6-8-19(14-31)15-32-24(21-9-5-4-7-18(21)3)30-23-11-10-20(13-22(23)25(32)33)34-16-26(27,28)29/h4-5,7,9-11,13,17,19H,6,8,12,14-16H2,1-3H3/t19-/m0/s1. The topological polar surface area (TPSA) is 47.4 Å². The Labute approximate surface area is 197 Å². The van der Waals surface area contributed by atoms with Gasteiger partial charge in [0, 0.05) is 24.7 Å². The number of nitrogens with zero attached hydrogens (tertiary/aromatic N) is 3. The Morgan fingerprint density at radius 1 is 1.18 bits per heavy atom. The minimum atomic E-state index is -4.45. The fourth-order valence-corrected chi connectivity index (χ4v) is 4.63. The normalized spacial score (nSPS) is 17.4. The molecule has 1 atom stereocenters. The number of halogens is 3. The maximum Gasteiger partial charge on any atom is 0.422 e. The molecule has 2 aromatic carbocycles. The van der Waals surface area contributed by atoms with Crippen molar-refractivity contribution in [3.63, 3.8) is 0 Å². The maximum atomic E-state index is 13.7. The van der Waals surface area contributed by atoms with Crippen molar-refractivity contribution >= 4 is 10.9 Å². The van der Waals surface area contributed by atoms with Gasteiger partial charge in [-0.25, -0.2) is 4.98 Å². The lowest BCUT2D eigenvalue weighted by molar-refractivity contribution is -0.153. The molecule has 0 spiro atoms. The van der Waals surface area contributed by atoms with E-state index in [0.717, 1.165) is 37.1 Å². The number of fused-ring (bicyclic) bond motifs is 1. The summed E-state index contributed by atoms with van der Waals surface area (Å²) in [5.74, 6) is 0.865. The molecule has 0 radical (unpaired) electrons. The van der Waals surface area contributed by atoms with Crippen LogP contribution in [-0.4, -0.2) is 46.4 Å². The highest BCUT2D eigenvalue weighted by atomic mass is 19.4. The molecule has 2 heterocycles. The molecule has 0 amide bonds. The Morgan fingerprint density at radius 3 is 2.65 bits per heavy atom. The summed E-state index contributed by atoms with van der Waals surface area (Å²) in [6.45, 7) is 7.36. The molecule has 1 aliphatic rings. The lowest BCUT2D eigenvalue weighted by atomic mass is 9.96. The molecule has 0 aliphatic carbocycles. The van der Waals surface area contributed by atoms with Crippen molar-refractivity contribution < 1.29 is 17.9 Å². The third-order valence-corrected chi connectivity index (χ3v) is 6.44. The van der Waals surface area contributed by atoms with Crippen molar-refractivity contribution in [2.75, 3.05) is 19.7 Å². The van der Waals surface area contributed by atoms with Crippen LogP contribution in [0, 0.1) is 12.8 Å². The van der Waals surface area contributed by atoms with E-state index in [1.165, 1.54) is 12.1 Å². The van der Waals surface area contributed by atoms with Gasteiger partial charge in [-0.15, -0.1) is 0 Å². The van der Waals surface area contributed by atoms with Crippen molar-refractivity contribution in [1.29, 1.82) is 0 Å². The van der Waals surface area contributed by atoms with Crippen LogP contribution in [-0.2, 0) is 6.54 Å². The highest BCUT2D eigenvalue weighted by Crippen LogP contribution is 2.27. The third kappa shape index (κ3) is 5.43. The molecule has 1 fully saturated rings. The summed E-state index contributed by atoms with van der Waals surface area (Å²) in [5.41, 5.74) is 2.05. The average molecular weight is 474 g/mol. The van der Waals surface area contributed by atoms with Crippen LogP contribution in [0.3, 0.4) is 0 Å². The summed E-state index contributed by atoms with van der Waals surface area (Å²) in [7, 11) is 0. The molecule has 0 saturated carbocycles. The number of likely N-dealkylation sites (tertiary alicyclic amines) is 1. The van der Waals surface area contributed by atoms with Gasteiger partial charge in [0.05, 0.1) is 10.9 Å². The summed E-state index contributed by atoms with van der Waals surface area (Å²) in [6, 6.07) is 12.6. The van der Waals surface area contributed by atoms with Gasteiger partial charge >= 0.3 is 6.18 Å². The smallest absolute Gasteiger partial charge is 0.422 e. The Morgan fingerprint density at radius 2 is 1.94 bits per heavy atom. The van der Waals surface area contributed by atoms with Gasteiger partial charge in [0.2, 0.25) is 0 Å². The number of aromatic nitrogens is 2. The van der Waals surface area contributed by atoms with Gasteiger partial charge in [-0.3, -0.25) is 9.36 Å². The van der Waals surface area contributed by atoms with E-state index < -0.39 is 12.8 Å². The van der Waals surface area contributed by atoms with Crippen molar-refractivity contribution in [2.45, 2.75) is 52.4 Å². The molecule has 182 valence electrons. The van der Waals surface area contributed by atoms with Crippen LogP contribution in [0.4, 0.5) is 13.2 Å². The molecule has 3 aromatic rings. The number of ether oxygens (including phenoxy) is 1. The largest absolute Gasteiger partial charge is 0.484 e. The number of hydrogen-bond donors (Lipinski definition) is 0. The SMILES string of the molecule is Cc1ccccc1-c1nc2ccc(OCC(F)(F)F)cc2c(=O)n1C[C@H]1CCCN(C(C)C)C1. The highest BCUT2D eigenvalue weighted by molar-refractivity contribution is 5.81. The summed E-state index contributed by atoms with van der Waals surface area (Å²) in [6.07, 6.45) is -2.38. The monoisotopic (exact) mass is 473 g/mol. The average Bonchev–Trinajstić information content (AvgIpc) is 2.79. The fourth-order valence-electron chi connectivity index (χ4n) is 4.63. The van der Waals surface area contributed by atoms with Crippen LogP contribution < -0.4 is 10.3 Å². The van der Waals surface area contributed by atoms with Gasteiger partial charge in [-0.1, -0.05) is 24.3 Å². The lowest BCUT2D eigenvalue weighted by Gasteiger charge is -2.36. The molecule has 34 heavy (non-hydrogen) atoms. The van der Waals surface area contributed by atoms with Crippen LogP contribution in [0.5, 0.6) is 5.75 Å². The van der Waals surface area contributed by atoms with E-state index in [4.69, 9.17) is 9.72 Å². The second-order valence-corrected chi connectivity index (χ2v) is 9.35. The molecule has 4 rings (SSSR count). The number of rotatable bonds is 6. The van der Waals surface area contributed by atoms with E-state index in [2.05, 4.69) is 18.7 Å². The first kappa shape index (κ1) is 24.3. The van der Waals surface area contributed by atoms with E-state index in [1.54, 1.807) is 10.6 Å². The Balaban J connectivity index is 1.79. The summed E-state index contributed by atoms with van der Waals surface area (Å²) < 4.78 is 44.4. The van der Waals surface area contributed by atoms with Gasteiger partial charge in [-0.05, 0) is 69.8 Å². The second-order valence-electron chi connectivity index (χ2n) is 9.35. The van der Waals surface area contributed by atoms with Crippen LogP contribution in [0.1, 0.15) is 32.3 Å². The zero-order valence-corrected chi connectivity index (χ0v) is 19.7.